The summed E-state index contributed by atoms with van der Waals surface area (Å²) in [4.78, 5) is 18.7. The van der Waals surface area contributed by atoms with Gasteiger partial charge in [0.2, 0.25) is 0 Å². The van der Waals surface area contributed by atoms with Crippen molar-refractivity contribution in [2.24, 2.45) is 0 Å². The van der Waals surface area contributed by atoms with E-state index >= 15 is 0 Å². The Balaban J connectivity index is 1.51. The number of halogens is 4. The van der Waals surface area contributed by atoms with Gasteiger partial charge in [0.15, 0.2) is 0 Å². The van der Waals surface area contributed by atoms with E-state index in [1.807, 2.05) is 0 Å². The number of hydrogen-bond acceptors (Lipinski definition) is 4. The maximum Gasteiger partial charge on any atom is 0.416 e. The molecule has 3 aromatic rings. The summed E-state index contributed by atoms with van der Waals surface area (Å²) in [5, 5.41) is 1.88. The number of carbonyl (C=O) groups excluding carboxylic acids is 1. The van der Waals surface area contributed by atoms with E-state index < -0.39 is 11.7 Å². The van der Waals surface area contributed by atoms with E-state index in [2.05, 4.69) is 4.98 Å². The van der Waals surface area contributed by atoms with Crippen LogP contribution < -0.4 is 0 Å². The van der Waals surface area contributed by atoms with Crippen molar-refractivity contribution in [1.29, 1.82) is 0 Å². The first-order chi connectivity index (χ1) is 14.3. The molecule has 30 heavy (non-hydrogen) atoms. The van der Waals surface area contributed by atoms with E-state index in [9.17, 15) is 22.4 Å². The molecular formula is C21H16F4N2O2S. The monoisotopic (exact) mass is 436 g/mol. The van der Waals surface area contributed by atoms with E-state index in [0.717, 1.165) is 29.0 Å². The number of benzene rings is 2. The van der Waals surface area contributed by atoms with Crippen molar-refractivity contribution >= 4 is 17.2 Å². The lowest BCUT2D eigenvalue weighted by atomic mass is 10.1. The van der Waals surface area contributed by atoms with E-state index in [0.29, 0.717) is 23.7 Å². The SMILES string of the molecule is O=C(c1csc(-c2cccc(C(F)(F)F)c2)n1)N1CCOC(c2ccc(F)cc2)C1. The molecule has 1 aliphatic heterocycles. The first-order valence-corrected chi connectivity index (χ1v) is 9.99. The minimum absolute atomic E-state index is 0.173. The van der Waals surface area contributed by atoms with Crippen molar-refractivity contribution in [3.05, 3.63) is 76.5 Å². The van der Waals surface area contributed by atoms with Crippen LogP contribution in [-0.2, 0) is 10.9 Å². The molecule has 1 unspecified atom stereocenters. The quantitative estimate of drug-likeness (QED) is 0.532. The average molecular weight is 436 g/mol. The number of thiazole rings is 1. The maximum atomic E-state index is 13.1. The summed E-state index contributed by atoms with van der Waals surface area (Å²) in [6.07, 6.45) is -4.83. The van der Waals surface area contributed by atoms with Crippen molar-refractivity contribution in [1.82, 2.24) is 9.88 Å². The summed E-state index contributed by atoms with van der Waals surface area (Å²) in [5.41, 5.74) is 0.474. The lowest BCUT2D eigenvalue weighted by Gasteiger charge is -2.32. The molecule has 4 nitrogen and oxygen atoms in total. The Labute approximate surface area is 173 Å². The highest BCUT2D eigenvalue weighted by Crippen LogP contribution is 2.33. The fourth-order valence-electron chi connectivity index (χ4n) is 3.21. The Kier molecular flexibility index (Phi) is 5.57. The summed E-state index contributed by atoms with van der Waals surface area (Å²) in [7, 11) is 0. The fraction of sp³-hybridized carbons (Fsp3) is 0.238. The van der Waals surface area contributed by atoms with Crippen LogP contribution in [0.15, 0.2) is 53.9 Å². The van der Waals surface area contributed by atoms with Crippen LogP contribution >= 0.6 is 11.3 Å². The molecular weight excluding hydrogens is 420 g/mol. The standard InChI is InChI=1S/C21H16F4N2O2S/c22-16-6-4-13(5-7-16)18-11-27(8-9-29-18)20(28)17-12-30-19(26-17)14-2-1-3-15(10-14)21(23,24)25/h1-7,10,12,18H,8-9,11H2. The third-order valence-electron chi connectivity index (χ3n) is 4.76. The third-order valence-corrected chi connectivity index (χ3v) is 5.65. The lowest BCUT2D eigenvalue weighted by Crippen LogP contribution is -2.42. The molecule has 0 N–H and O–H groups in total. The van der Waals surface area contributed by atoms with Gasteiger partial charge in [0, 0.05) is 17.5 Å². The molecule has 0 radical (unpaired) electrons. The van der Waals surface area contributed by atoms with Gasteiger partial charge >= 0.3 is 6.18 Å². The molecule has 1 fully saturated rings. The Bertz CT molecular complexity index is 1050. The number of hydrogen-bond donors (Lipinski definition) is 0. The number of aromatic nitrogens is 1. The van der Waals surface area contributed by atoms with E-state index in [-0.39, 0.29) is 30.1 Å². The van der Waals surface area contributed by atoms with Crippen LogP contribution in [0, 0.1) is 5.82 Å². The molecule has 2 heterocycles. The van der Waals surface area contributed by atoms with Crippen molar-refractivity contribution in [3.63, 3.8) is 0 Å². The molecule has 1 aromatic heterocycles. The smallest absolute Gasteiger partial charge is 0.370 e. The predicted molar refractivity (Wildman–Crippen MR) is 104 cm³/mol. The topological polar surface area (TPSA) is 42.4 Å². The number of nitrogens with zero attached hydrogens (tertiary/aromatic N) is 2. The Morgan fingerprint density at radius 1 is 1.17 bits per heavy atom. The third kappa shape index (κ3) is 4.36. The van der Waals surface area contributed by atoms with Crippen LogP contribution in [0.1, 0.15) is 27.7 Å². The highest BCUT2D eigenvalue weighted by atomic mass is 32.1. The van der Waals surface area contributed by atoms with Crippen LogP contribution in [0.5, 0.6) is 0 Å². The summed E-state index contributed by atoms with van der Waals surface area (Å²) < 4.78 is 57.7. The summed E-state index contributed by atoms with van der Waals surface area (Å²) in [6.45, 7) is 0.965. The molecule has 0 saturated carbocycles. The second-order valence-electron chi connectivity index (χ2n) is 6.78. The molecule has 2 aromatic carbocycles. The molecule has 9 heteroatoms. The van der Waals surface area contributed by atoms with Crippen molar-refractivity contribution in [3.8, 4) is 10.6 Å². The van der Waals surface area contributed by atoms with Gasteiger partial charge in [0.1, 0.15) is 22.6 Å². The normalized spacial score (nSPS) is 17.2. The van der Waals surface area contributed by atoms with Gasteiger partial charge in [-0.2, -0.15) is 13.2 Å². The Morgan fingerprint density at radius 2 is 1.93 bits per heavy atom. The van der Waals surface area contributed by atoms with Crippen LogP contribution in [-0.4, -0.2) is 35.5 Å². The zero-order valence-corrected chi connectivity index (χ0v) is 16.3. The minimum atomic E-state index is -4.45. The highest BCUT2D eigenvalue weighted by molar-refractivity contribution is 7.13. The minimum Gasteiger partial charge on any atom is -0.370 e. The van der Waals surface area contributed by atoms with Crippen LogP contribution in [0.3, 0.4) is 0 Å². The second-order valence-corrected chi connectivity index (χ2v) is 7.64. The molecule has 4 rings (SSSR count). The van der Waals surface area contributed by atoms with Crippen molar-refractivity contribution < 1.29 is 27.1 Å². The van der Waals surface area contributed by atoms with Gasteiger partial charge in [-0.25, -0.2) is 9.37 Å². The largest absolute Gasteiger partial charge is 0.416 e. The lowest BCUT2D eigenvalue weighted by molar-refractivity contribution is -0.137. The molecule has 1 amide bonds. The van der Waals surface area contributed by atoms with Crippen LogP contribution in [0.25, 0.3) is 10.6 Å². The molecule has 1 atom stereocenters. The number of ether oxygens (including phenoxy) is 1. The molecule has 1 aliphatic rings. The average Bonchev–Trinajstić information content (AvgIpc) is 3.24. The van der Waals surface area contributed by atoms with E-state index in [4.69, 9.17) is 4.74 Å². The molecule has 0 bridgehead atoms. The van der Waals surface area contributed by atoms with Gasteiger partial charge in [-0.1, -0.05) is 24.3 Å². The molecule has 1 saturated heterocycles. The summed E-state index contributed by atoms with van der Waals surface area (Å²) >= 11 is 1.11. The maximum absolute atomic E-state index is 13.1. The van der Waals surface area contributed by atoms with Crippen molar-refractivity contribution in [2.75, 3.05) is 19.7 Å². The van der Waals surface area contributed by atoms with Crippen LogP contribution in [0.4, 0.5) is 17.6 Å². The van der Waals surface area contributed by atoms with E-state index in [1.54, 1.807) is 22.4 Å². The van der Waals surface area contributed by atoms with Gasteiger partial charge in [-0.15, -0.1) is 11.3 Å². The zero-order valence-electron chi connectivity index (χ0n) is 15.5. The molecule has 156 valence electrons. The number of morpholine rings is 1. The van der Waals surface area contributed by atoms with Gasteiger partial charge in [0.05, 0.1) is 18.7 Å². The first-order valence-electron chi connectivity index (χ1n) is 9.11. The zero-order chi connectivity index (χ0) is 21.3. The van der Waals surface area contributed by atoms with E-state index in [1.165, 1.54) is 24.3 Å². The van der Waals surface area contributed by atoms with Gasteiger partial charge in [-0.05, 0) is 29.8 Å². The van der Waals surface area contributed by atoms with Gasteiger partial charge < -0.3 is 9.64 Å². The predicted octanol–water partition coefficient (Wildman–Crippen LogP) is 5.18. The van der Waals surface area contributed by atoms with Gasteiger partial charge in [-0.3, -0.25) is 4.79 Å². The number of alkyl halides is 3. The summed E-state index contributed by atoms with van der Waals surface area (Å²) in [5.74, 6) is -0.674. The Hall–Kier alpha value is -2.78. The Morgan fingerprint density at radius 3 is 2.67 bits per heavy atom. The van der Waals surface area contributed by atoms with Gasteiger partial charge in [0.25, 0.3) is 5.91 Å². The number of amides is 1. The first kappa shape index (κ1) is 20.5. The van der Waals surface area contributed by atoms with Crippen LogP contribution in [0.2, 0.25) is 0 Å². The fourth-order valence-corrected chi connectivity index (χ4v) is 4.00. The number of rotatable bonds is 3. The molecule has 0 spiro atoms. The van der Waals surface area contributed by atoms with Crippen molar-refractivity contribution in [2.45, 2.75) is 12.3 Å². The summed E-state index contributed by atoms with van der Waals surface area (Å²) in [6, 6.07) is 10.8. The second kappa shape index (κ2) is 8.16. The molecule has 0 aliphatic carbocycles. The number of carbonyl (C=O) groups is 1. The highest BCUT2D eigenvalue weighted by Gasteiger charge is 2.31.